The van der Waals surface area contributed by atoms with Crippen molar-refractivity contribution in [1.29, 1.82) is 0 Å². The molecule has 3 N–H and O–H groups in total. The molecular formula is C19H23N3O. The molecule has 2 atom stereocenters. The second-order valence-electron chi connectivity index (χ2n) is 5.93. The number of benzene rings is 2. The summed E-state index contributed by atoms with van der Waals surface area (Å²) in [6.07, 6.45) is 0. The average Bonchev–Trinajstić information content (AvgIpc) is 2.55. The summed E-state index contributed by atoms with van der Waals surface area (Å²) in [4.78, 5) is 14.2. The number of amides is 1. The zero-order valence-electron chi connectivity index (χ0n) is 13.4. The second-order valence-corrected chi connectivity index (χ2v) is 5.93. The first-order valence-electron chi connectivity index (χ1n) is 8.10. The second kappa shape index (κ2) is 6.94. The fourth-order valence-corrected chi connectivity index (χ4v) is 3.45. The van der Waals surface area contributed by atoms with E-state index in [-0.39, 0.29) is 24.0 Å². The third-order valence-corrected chi connectivity index (χ3v) is 4.47. The molecule has 120 valence electrons. The van der Waals surface area contributed by atoms with E-state index in [4.69, 9.17) is 5.73 Å². The molecule has 1 aliphatic rings. The Morgan fingerprint density at radius 1 is 1.13 bits per heavy atom. The summed E-state index contributed by atoms with van der Waals surface area (Å²) in [6, 6.07) is 20.5. The highest BCUT2D eigenvalue weighted by Gasteiger charge is 2.46. The van der Waals surface area contributed by atoms with Crippen LogP contribution in [0.2, 0.25) is 0 Å². The van der Waals surface area contributed by atoms with Gasteiger partial charge in [-0.2, -0.15) is 0 Å². The molecule has 0 radical (unpaired) electrons. The summed E-state index contributed by atoms with van der Waals surface area (Å²) in [6.45, 7) is 3.70. The Hall–Kier alpha value is -2.17. The van der Waals surface area contributed by atoms with Crippen LogP contribution in [-0.2, 0) is 4.79 Å². The number of likely N-dealkylation sites (N-methyl/N-ethyl adjacent to an activating group) is 1. The van der Waals surface area contributed by atoms with E-state index in [0.717, 1.165) is 13.1 Å². The molecule has 4 nitrogen and oxygen atoms in total. The quantitative estimate of drug-likeness (QED) is 0.857. The maximum atomic E-state index is 12.0. The van der Waals surface area contributed by atoms with Gasteiger partial charge in [-0.15, -0.1) is 0 Å². The normalized spacial score (nSPS) is 21.1. The molecule has 3 rings (SSSR count). The van der Waals surface area contributed by atoms with Gasteiger partial charge in [0.05, 0.1) is 6.04 Å². The minimum atomic E-state index is -0.277. The van der Waals surface area contributed by atoms with Crippen molar-refractivity contribution in [2.45, 2.75) is 25.0 Å². The van der Waals surface area contributed by atoms with E-state index in [1.165, 1.54) is 11.1 Å². The topological polar surface area (TPSA) is 58.4 Å². The molecule has 4 heteroatoms. The molecule has 2 aromatic carbocycles. The van der Waals surface area contributed by atoms with Crippen molar-refractivity contribution in [2.75, 3.05) is 13.1 Å². The minimum Gasteiger partial charge on any atom is -0.368 e. The predicted molar refractivity (Wildman–Crippen MR) is 91.9 cm³/mol. The Balaban J connectivity index is 1.95. The van der Waals surface area contributed by atoms with Gasteiger partial charge in [-0.25, -0.2) is 0 Å². The number of carbonyl (C=O) groups excluding carboxylic acids is 1. The highest BCUT2D eigenvalue weighted by molar-refractivity contribution is 5.82. The van der Waals surface area contributed by atoms with Gasteiger partial charge in [0.15, 0.2) is 0 Å². The molecule has 23 heavy (non-hydrogen) atoms. The predicted octanol–water partition coefficient (Wildman–Crippen LogP) is 1.92. The van der Waals surface area contributed by atoms with Gasteiger partial charge in [0.1, 0.15) is 6.04 Å². The molecule has 1 saturated heterocycles. The van der Waals surface area contributed by atoms with Crippen molar-refractivity contribution in [3.05, 3.63) is 71.8 Å². The highest BCUT2D eigenvalue weighted by atomic mass is 16.1. The monoisotopic (exact) mass is 309 g/mol. The van der Waals surface area contributed by atoms with Crippen molar-refractivity contribution >= 4 is 5.91 Å². The van der Waals surface area contributed by atoms with Crippen LogP contribution in [0.15, 0.2) is 60.7 Å². The van der Waals surface area contributed by atoms with Crippen LogP contribution in [0.5, 0.6) is 0 Å². The zero-order valence-corrected chi connectivity index (χ0v) is 13.4. The molecule has 2 unspecified atom stereocenters. The van der Waals surface area contributed by atoms with E-state index >= 15 is 0 Å². The van der Waals surface area contributed by atoms with Crippen molar-refractivity contribution in [1.82, 2.24) is 10.2 Å². The molecule has 0 aliphatic carbocycles. The van der Waals surface area contributed by atoms with Crippen LogP contribution in [0, 0.1) is 0 Å². The Morgan fingerprint density at radius 3 is 2.09 bits per heavy atom. The van der Waals surface area contributed by atoms with Crippen LogP contribution < -0.4 is 11.1 Å². The molecule has 0 bridgehead atoms. The van der Waals surface area contributed by atoms with Crippen LogP contribution in [0.25, 0.3) is 0 Å². The summed E-state index contributed by atoms with van der Waals surface area (Å²) in [5.74, 6) is -0.265. The van der Waals surface area contributed by atoms with Crippen molar-refractivity contribution in [3.63, 3.8) is 0 Å². The lowest BCUT2D eigenvalue weighted by atomic mass is 9.87. The smallest absolute Gasteiger partial charge is 0.236 e. The Kier molecular flexibility index (Phi) is 4.74. The van der Waals surface area contributed by atoms with E-state index in [0.29, 0.717) is 0 Å². The van der Waals surface area contributed by atoms with E-state index in [9.17, 15) is 4.79 Å². The first-order valence-corrected chi connectivity index (χ1v) is 8.10. The lowest BCUT2D eigenvalue weighted by Gasteiger charge is -2.50. The molecule has 0 aromatic heterocycles. The molecule has 2 aromatic rings. The van der Waals surface area contributed by atoms with Gasteiger partial charge in [-0.1, -0.05) is 67.6 Å². The number of hydrogen-bond acceptors (Lipinski definition) is 3. The van der Waals surface area contributed by atoms with Gasteiger partial charge in [0, 0.05) is 12.6 Å². The average molecular weight is 309 g/mol. The van der Waals surface area contributed by atoms with E-state index in [1.807, 2.05) is 43.3 Å². The van der Waals surface area contributed by atoms with Gasteiger partial charge >= 0.3 is 0 Å². The summed E-state index contributed by atoms with van der Waals surface area (Å²) < 4.78 is 0. The van der Waals surface area contributed by atoms with Gasteiger partial charge in [0.2, 0.25) is 5.91 Å². The number of rotatable bonds is 6. The van der Waals surface area contributed by atoms with Crippen LogP contribution in [-0.4, -0.2) is 36.0 Å². The number of nitrogens with one attached hydrogen (secondary N) is 1. The van der Waals surface area contributed by atoms with E-state index in [1.54, 1.807) is 0 Å². The SMILES string of the molecule is CCNC1CN(C(c2ccccc2)c2ccccc2)C1C(N)=O. The maximum Gasteiger partial charge on any atom is 0.236 e. The molecule has 0 saturated carbocycles. The maximum absolute atomic E-state index is 12.0. The molecule has 1 amide bonds. The van der Waals surface area contributed by atoms with Crippen LogP contribution in [0.3, 0.4) is 0 Å². The Morgan fingerprint density at radius 2 is 1.65 bits per heavy atom. The first-order chi connectivity index (χ1) is 11.2. The third-order valence-electron chi connectivity index (χ3n) is 4.47. The Labute approximate surface area is 137 Å². The summed E-state index contributed by atoms with van der Waals surface area (Å²) in [5, 5.41) is 3.36. The third kappa shape index (κ3) is 3.14. The number of hydrogen-bond donors (Lipinski definition) is 2. The molecule has 1 aliphatic heterocycles. The summed E-state index contributed by atoms with van der Waals surface area (Å²) in [5.41, 5.74) is 8.04. The fourth-order valence-electron chi connectivity index (χ4n) is 3.45. The van der Waals surface area contributed by atoms with Gasteiger partial charge < -0.3 is 11.1 Å². The zero-order chi connectivity index (χ0) is 16.2. The van der Waals surface area contributed by atoms with E-state index in [2.05, 4.69) is 34.5 Å². The molecule has 1 heterocycles. The number of primary amides is 1. The van der Waals surface area contributed by atoms with Gasteiger partial charge in [-0.3, -0.25) is 9.69 Å². The van der Waals surface area contributed by atoms with Gasteiger partial charge in [0.25, 0.3) is 0 Å². The van der Waals surface area contributed by atoms with Crippen LogP contribution in [0.4, 0.5) is 0 Å². The summed E-state index contributed by atoms with van der Waals surface area (Å²) in [7, 11) is 0. The number of nitrogens with zero attached hydrogens (tertiary/aromatic N) is 1. The molecule has 1 fully saturated rings. The number of nitrogens with two attached hydrogens (primary N) is 1. The number of carbonyl (C=O) groups is 1. The van der Waals surface area contributed by atoms with Crippen LogP contribution in [0.1, 0.15) is 24.1 Å². The lowest BCUT2D eigenvalue weighted by molar-refractivity contribution is -0.131. The standard InChI is InChI=1S/C19H23N3O/c1-2-21-16-13-22(18(16)19(20)23)17(14-9-5-3-6-10-14)15-11-7-4-8-12-15/h3-12,16-18,21H,2,13H2,1H3,(H2,20,23). The van der Waals surface area contributed by atoms with Crippen molar-refractivity contribution in [2.24, 2.45) is 5.73 Å². The highest BCUT2D eigenvalue weighted by Crippen LogP contribution is 2.35. The minimum absolute atomic E-state index is 0.0461. The summed E-state index contributed by atoms with van der Waals surface area (Å²) >= 11 is 0. The molecular weight excluding hydrogens is 286 g/mol. The van der Waals surface area contributed by atoms with Crippen LogP contribution >= 0.6 is 0 Å². The largest absolute Gasteiger partial charge is 0.368 e. The van der Waals surface area contributed by atoms with Gasteiger partial charge in [-0.05, 0) is 17.7 Å². The fraction of sp³-hybridized carbons (Fsp3) is 0.316. The first kappa shape index (κ1) is 15.7. The molecule has 0 spiro atoms. The van der Waals surface area contributed by atoms with Crippen molar-refractivity contribution in [3.8, 4) is 0 Å². The van der Waals surface area contributed by atoms with E-state index < -0.39 is 0 Å². The van der Waals surface area contributed by atoms with Crippen molar-refractivity contribution < 1.29 is 4.79 Å². The Bertz CT molecular complexity index is 605. The number of likely N-dealkylation sites (tertiary alicyclic amines) is 1. The lowest BCUT2D eigenvalue weighted by Crippen LogP contribution is -2.70.